The lowest BCUT2D eigenvalue weighted by atomic mass is 10.1. The highest BCUT2D eigenvalue weighted by Crippen LogP contribution is 2.17. The molecule has 2 nitrogen and oxygen atoms in total. The van der Waals surface area contributed by atoms with E-state index in [4.69, 9.17) is 0 Å². The number of amides is 1. The number of halogens is 2. The molecule has 0 bridgehead atoms. The summed E-state index contributed by atoms with van der Waals surface area (Å²) in [5, 5.41) is 3.07. The van der Waals surface area contributed by atoms with Crippen LogP contribution in [0.15, 0.2) is 46.9 Å². The van der Waals surface area contributed by atoms with E-state index in [9.17, 15) is 4.79 Å². The molecule has 2 aromatic carbocycles. The van der Waals surface area contributed by atoms with Gasteiger partial charge in [0.1, 0.15) is 0 Å². The first-order chi connectivity index (χ1) is 9.97. The van der Waals surface area contributed by atoms with Gasteiger partial charge in [0.2, 0.25) is 0 Å². The van der Waals surface area contributed by atoms with Gasteiger partial charge in [-0.3, -0.25) is 4.79 Å². The molecular weight excluding hydrogens is 441 g/mol. The maximum atomic E-state index is 12.3. The molecular formula is C17H17BrINO. The lowest BCUT2D eigenvalue weighted by molar-refractivity contribution is 0.0939. The fourth-order valence-corrected chi connectivity index (χ4v) is 3.02. The van der Waals surface area contributed by atoms with Crippen LogP contribution in [-0.2, 0) is 6.42 Å². The van der Waals surface area contributed by atoms with E-state index in [-0.39, 0.29) is 11.9 Å². The molecule has 2 aromatic rings. The van der Waals surface area contributed by atoms with Gasteiger partial charge >= 0.3 is 0 Å². The molecule has 1 amide bonds. The van der Waals surface area contributed by atoms with Crippen molar-refractivity contribution in [1.29, 1.82) is 0 Å². The number of hydrogen-bond donors (Lipinski definition) is 1. The van der Waals surface area contributed by atoms with Gasteiger partial charge in [-0.15, -0.1) is 0 Å². The Hall–Kier alpha value is -0.880. The van der Waals surface area contributed by atoms with Crippen LogP contribution in [0.4, 0.5) is 0 Å². The minimum Gasteiger partial charge on any atom is -0.349 e. The zero-order valence-electron chi connectivity index (χ0n) is 12.0. The third-order valence-electron chi connectivity index (χ3n) is 3.27. The van der Waals surface area contributed by atoms with Crippen LogP contribution in [0.1, 0.15) is 28.4 Å². The molecule has 0 aliphatic carbocycles. The van der Waals surface area contributed by atoms with Crippen molar-refractivity contribution < 1.29 is 4.79 Å². The Morgan fingerprint density at radius 1 is 1.24 bits per heavy atom. The SMILES string of the molecule is Cc1cccc(C(=O)NC(C)Cc2ccc(Br)cc2)c1I. The van der Waals surface area contributed by atoms with E-state index in [1.54, 1.807) is 0 Å². The molecule has 0 saturated carbocycles. The summed E-state index contributed by atoms with van der Waals surface area (Å²) in [5.41, 5.74) is 3.09. The molecule has 0 radical (unpaired) electrons. The van der Waals surface area contributed by atoms with Gasteiger partial charge in [-0.05, 0) is 72.2 Å². The second-order valence-corrected chi connectivity index (χ2v) is 7.14. The quantitative estimate of drug-likeness (QED) is 0.661. The zero-order chi connectivity index (χ0) is 15.4. The largest absolute Gasteiger partial charge is 0.349 e. The normalized spacial score (nSPS) is 12.0. The summed E-state index contributed by atoms with van der Waals surface area (Å²) in [6, 6.07) is 14.1. The van der Waals surface area contributed by atoms with E-state index in [1.807, 2.05) is 44.2 Å². The van der Waals surface area contributed by atoms with E-state index in [0.717, 1.165) is 25.6 Å². The van der Waals surface area contributed by atoms with Crippen molar-refractivity contribution >= 4 is 44.4 Å². The number of nitrogens with one attached hydrogen (secondary N) is 1. The van der Waals surface area contributed by atoms with Gasteiger partial charge in [0.15, 0.2) is 0 Å². The molecule has 110 valence electrons. The smallest absolute Gasteiger partial charge is 0.252 e. The highest BCUT2D eigenvalue weighted by molar-refractivity contribution is 14.1. The summed E-state index contributed by atoms with van der Waals surface area (Å²) in [6.45, 7) is 4.05. The number of aryl methyl sites for hydroxylation is 1. The van der Waals surface area contributed by atoms with E-state index in [1.165, 1.54) is 5.56 Å². The molecule has 0 aliphatic rings. The standard InChI is InChI=1S/C17H17BrINO/c1-11-4-3-5-15(16(11)19)17(21)20-12(2)10-13-6-8-14(18)9-7-13/h3-9,12H,10H2,1-2H3,(H,20,21). The van der Waals surface area contributed by atoms with Crippen molar-refractivity contribution in [3.63, 3.8) is 0 Å². The van der Waals surface area contributed by atoms with E-state index >= 15 is 0 Å². The van der Waals surface area contributed by atoms with Crippen LogP contribution >= 0.6 is 38.5 Å². The molecule has 0 aromatic heterocycles. The van der Waals surface area contributed by atoms with Crippen molar-refractivity contribution in [3.8, 4) is 0 Å². The number of carbonyl (C=O) groups is 1. The first-order valence-corrected chi connectivity index (χ1v) is 8.65. The number of rotatable bonds is 4. The molecule has 0 saturated heterocycles. The summed E-state index contributed by atoms with van der Waals surface area (Å²) < 4.78 is 2.08. The topological polar surface area (TPSA) is 29.1 Å². The third-order valence-corrected chi connectivity index (χ3v) is 5.23. The highest BCUT2D eigenvalue weighted by Gasteiger charge is 2.14. The second kappa shape index (κ2) is 7.40. The average molecular weight is 458 g/mol. The highest BCUT2D eigenvalue weighted by atomic mass is 127. The van der Waals surface area contributed by atoms with E-state index in [2.05, 4.69) is 56.0 Å². The molecule has 0 fully saturated rings. The van der Waals surface area contributed by atoms with Crippen LogP contribution in [0.25, 0.3) is 0 Å². The molecule has 2 rings (SSSR count). The van der Waals surface area contributed by atoms with Crippen molar-refractivity contribution in [3.05, 3.63) is 67.2 Å². The van der Waals surface area contributed by atoms with Crippen molar-refractivity contribution in [2.45, 2.75) is 26.3 Å². The fourth-order valence-electron chi connectivity index (χ4n) is 2.15. The lowest BCUT2D eigenvalue weighted by Gasteiger charge is -2.15. The van der Waals surface area contributed by atoms with Crippen LogP contribution < -0.4 is 5.32 Å². The molecule has 1 unspecified atom stereocenters. The minimum atomic E-state index is -0.00675. The maximum absolute atomic E-state index is 12.3. The third kappa shape index (κ3) is 4.54. The van der Waals surface area contributed by atoms with Crippen molar-refractivity contribution in [1.82, 2.24) is 5.32 Å². The summed E-state index contributed by atoms with van der Waals surface area (Å²) in [6.07, 6.45) is 0.821. The second-order valence-electron chi connectivity index (χ2n) is 5.14. The van der Waals surface area contributed by atoms with Gasteiger partial charge in [0.05, 0.1) is 5.56 Å². The number of hydrogen-bond acceptors (Lipinski definition) is 1. The lowest BCUT2D eigenvalue weighted by Crippen LogP contribution is -2.34. The van der Waals surface area contributed by atoms with Crippen LogP contribution in [-0.4, -0.2) is 11.9 Å². The molecule has 1 atom stereocenters. The predicted octanol–water partition coefficient (Wildman–Crippen LogP) is 4.72. The van der Waals surface area contributed by atoms with Gasteiger partial charge in [0, 0.05) is 14.1 Å². The van der Waals surface area contributed by atoms with Crippen molar-refractivity contribution in [2.75, 3.05) is 0 Å². The monoisotopic (exact) mass is 457 g/mol. The molecule has 0 heterocycles. The molecule has 0 spiro atoms. The summed E-state index contributed by atoms with van der Waals surface area (Å²) >= 11 is 5.65. The Balaban J connectivity index is 2.02. The predicted molar refractivity (Wildman–Crippen MR) is 98.7 cm³/mol. The van der Waals surface area contributed by atoms with Crippen molar-refractivity contribution in [2.24, 2.45) is 0 Å². The van der Waals surface area contributed by atoms with Crippen LogP contribution in [0.3, 0.4) is 0 Å². The first kappa shape index (κ1) is 16.5. The van der Waals surface area contributed by atoms with Crippen LogP contribution in [0.2, 0.25) is 0 Å². The average Bonchev–Trinajstić information content (AvgIpc) is 2.44. The van der Waals surface area contributed by atoms with Crippen LogP contribution in [0.5, 0.6) is 0 Å². The molecule has 1 N–H and O–H groups in total. The first-order valence-electron chi connectivity index (χ1n) is 6.78. The maximum Gasteiger partial charge on any atom is 0.252 e. The Morgan fingerprint density at radius 3 is 2.57 bits per heavy atom. The van der Waals surface area contributed by atoms with Crippen LogP contribution in [0, 0.1) is 10.5 Å². The van der Waals surface area contributed by atoms with Gasteiger partial charge in [-0.25, -0.2) is 0 Å². The Bertz CT molecular complexity index is 640. The van der Waals surface area contributed by atoms with Gasteiger partial charge < -0.3 is 5.32 Å². The number of carbonyl (C=O) groups excluding carboxylic acids is 1. The summed E-state index contributed by atoms with van der Waals surface area (Å²) in [4.78, 5) is 12.3. The van der Waals surface area contributed by atoms with Gasteiger partial charge in [0.25, 0.3) is 5.91 Å². The van der Waals surface area contributed by atoms with Gasteiger partial charge in [-0.1, -0.05) is 40.2 Å². The Kier molecular flexibility index (Phi) is 5.81. The van der Waals surface area contributed by atoms with E-state index in [0.29, 0.717) is 0 Å². The molecule has 4 heteroatoms. The summed E-state index contributed by atoms with van der Waals surface area (Å²) in [7, 11) is 0. The fraction of sp³-hybridized carbons (Fsp3) is 0.235. The Morgan fingerprint density at radius 2 is 1.90 bits per heavy atom. The summed E-state index contributed by atoms with van der Waals surface area (Å²) in [5.74, 6) is -0.00675. The van der Waals surface area contributed by atoms with E-state index < -0.39 is 0 Å². The number of benzene rings is 2. The Labute approximate surface area is 147 Å². The molecule has 0 aliphatic heterocycles. The zero-order valence-corrected chi connectivity index (χ0v) is 15.7. The molecule has 21 heavy (non-hydrogen) atoms. The minimum absolute atomic E-state index is 0.00675. The van der Waals surface area contributed by atoms with Gasteiger partial charge in [-0.2, -0.15) is 0 Å².